The molecule has 130 valence electrons. The first-order valence-corrected chi connectivity index (χ1v) is 8.21. The number of benzene rings is 2. The molecule has 1 atom stereocenters. The monoisotopic (exact) mass is 348 g/mol. The van der Waals surface area contributed by atoms with Crippen LogP contribution in [0.2, 0.25) is 0 Å². The molecule has 2 heterocycles. The summed E-state index contributed by atoms with van der Waals surface area (Å²) in [4.78, 5) is 37.6. The number of hydrogen-bond acceptors (Lipinski definition) is 4. The first-order chi connectivity index (χ1) is 12.5. The Morgan fingerprint density at radius 2 is 1.77 bits per heavy atom. The van der Waals surface area contributed by atoms with Crippen LogP contribution < -0.4 is 5.32 Å². The smallest absolute Gasteiger partial charge is 0.261 e. The van der Waals surface area contributed by atoms with E-state index in [9.17, 15) is 14.4 Å². The Balaban J connectivity index is 1.57. The van der Waals surface area contributed by atoms with Crippen LogP contribution in [0.5, 0.6) is 0 Å². The highest BCUT2D eigenvalue weighted by atomic mass is 16.3. The van der Waals surface area contributed by atoms with Gasteiger partial charge in [0.05, 0.1) is 17.2 Å². The van der Waals surface area contributed by atoms with Crippen LogP contribution in [0.15, 0.2) is 52.9 Å². The van der Waals surface area contributed by atoms with Crippen LogP contribution in [0.1, 0.15) is 49.8 Å². The van der Waals surface area contributed by atoms with Crippen molar-refractivity contribution in [2.75, 3.05) is 7.05 Å². The van der Waals surface area contributed by atoms with Gasteiger partial charge in [0.1, 0.15) is 11.3 Å². The van der Waals surface area contributed by atoms with Gasteiger partial charge in [-0.25, -0.2) is 0 Å². The highest BCUT2D eigenvalue weighted by molar-refractivity contribution is 6.21. The second kappa shape index (κ2) is 5.84. The van der Waals surface area contributed by atoms with Crippen molar-refractivity contribution in [3.63, 3.8) is 0 Å². The molecule has 0 aliphatic carbocycles. The molecule has 3 aromatic rings. The fourth-order valence-electron chi connectivity index (χ4n) is 3.07. The average Bonchev–Trinajstić information content (AvgIpc) is 3.17. The summed E-state index contributed by atoms with van der Waals surface area (Å²) >= 11 is 0. The van der Waals surface area contributed by atoms with Crippen LogP contribution >= 0.6 is 0 Å². The van der Waals surface area contributed by atoms with E-state index in [-0.39, 0.29) is 23.4 Å². The first-order valence-electron chi connectivity index (χ1n) is 8.21. The predicted octanol–water partition coefficient (Wildman–Crippen LogP) is 3.15. The third-order valence-corrected chi connectivity index (χ3v) is 4.57. The maximum Gasteiger partial charge on any atom is 0.261 e. The van der Waals surface area contributed by atoms with Crippen molar-refractivity contribution >= 4 is 28.7 Å². The number of fused-ring (bicyclic) bond motifs is 2. The first kappa shape index (κ1) is 16.1. The summed E-state index contributed by atoms with van der Waals surface area (Å²) < 4.78 is 5.77. The van der Waals surface area contributed by atoms with Gasteiger partial charge in [-0.05, 0) is 37.3 Å². The predicted molar refractivity (Wildman–Crippen MR) is 95.0 cm³/mol. The van der Waals surface area contributed by atoms with Gasteiger partial charge in [0.2, 0.25) is 0 Å². The van der Waals surface area contributed by atoms with E-state index in [0.29, 0.717) is 16.9 Å². The maximum absolute atomic E-state index is 12.6. The standard InChI is InChI=1S/C20H16N2O4/c1-11(17-10-12-5-3-4-6-16(12)26-17)21-18(23)13-7-8-14-15(9-13)20(25)22(2)19(14)24/h3-11H,1-2H3,(H,21,23). The average molecular weight is 348 g/mol. The van der Waals surface area contributed by atoms with Crippen LogP contribution in [0.25, 0.3) is 11.0 Å². The zero-order valence-electron chi connectivity index (χ0n) is 14.3. The van der Waals surface area contributed by atoms with Crippen molar-refractivity contribution in [2.24, 2.45) is 0 Å². The molecule has 0 fully saturated rings. The van der Waals surface area contributed by atoms with Crippen molar-refractivity contribution in [2.45, 2.75) is 13.0 Å². The van der Waals surface area contributed by atoms with Gasteiger partial charge < -0.3 is 9.73 Å². The zero-order chi connectivity index (χ0) is 18.4. The Morgan fingerprint density at radius 3 is 2.54 bits per heavy atom. The van der Waals surface area contributed by atoms with Gasteiger partial charge in [0, 0.05) is 18.0 Å². The van der Waals surface area contributed by atoms with Crippen molar-refractivity contribution in [3.05, 3.63) is 71.0 Å². The van der Waals surface area contributed by atoms with Crippen LogP contribution in [0, 0.1) is 0 Å². The van der Waals surface area contributed by atoms with E-state index in [0.717, 1.165) is 15.9 Å². The molecule has 0 radical (unpaired) electrons. The molecule has 3 amide bonds. The number of nitrogens with one attached hydrogen (secondary N) is 1. The summed E-state index contributed by atoms with van der Waals surface area (Å²) in [5.41, 5.74) is 1.65. The molecular formula is C20H16N2O4. The summed E-state index contributed by atoms with van der Waals surface area (Å²) in [6.07, 6.45) is 0. The molecule has 6 heteroatoms. The van der Waals surface area contributed by atoms with Crippen molar-refractivity contribution in [3.8, 4) is 0 Å². The largest absolute Gasteiger partial charge is 0.459 e. The minimum absolute atomic E-state index is 0.251. The number of carbonyl (C=O) groups is 3. The number of rotatable bonds is 3. The van der Waals surface area contributed by atoms with E-state index in [1.165, 1.54) is 19.2 Å². The topological polar surface area (TPSA) is 79.6 Å². The van der Waals surface area contributed by atoms with Gasteiger partial charge in [-0.15, -0.1) is 0 Å². The SMILES string of the molecule is CC(NC(=O)c1ccc2c(c1)C(=O)N(C)C2=O)c1cc2ccccc2o1. The number of furan rings is 1. The molecule has 6 nitrogen and oxygen atoms in total. The van der Waals surface area contributed by atoms with E-state index in [1.54, 1.807) is 6.07 Å². The summed E-state index contributed by atoms with van der Waals surface area (Å²) in [6.45, 7) is 1.82. The third kappa shape index (κ3) is 2.47. The molecule has 1 aromatic heterocycles. The van der Waals surface area contributed by atoms with Crippen LogP contribution in [0.3, 0.4) is 0 Å². The fraction of sp³-hybridized carbons (Fsp3) is 0.150. The van der Waals surface area contributed by atoms with E-state index >= 15 is 0 Å². The number of carbonyl (C=O) groups excluding carboxylic acids is 3. The Labute approximate surface area is 149 Å². The molecule has 1 aliphatic heterocycles. The lowest BCUT2D eigenvalue weighted by molar-refractivity contribution is 0.0693. The normalized spacial score (nSPS) is 14.6. The van der Waals surface area contributed by atoms with Crippen LogP contribution in [-0.2, 0) is 0 Å². The van der Waals surface area contributed by atoms with Crippen LogP contribution in [0.4, 0.5) is 0 Å². The van der Waals surface area contributed by atoms with Gasteiger partial charge in [-0.1, -0.05) is 18.2 Å². The lowest BCUT2D eigenvalue weighted by atomic mass is 10.0. The van der Waals surface area contributed by atoms with E-state index < -0.39 is 5.91 Å². The lowest BCUT2D eigenvalue weighted by Crippen LogP contribution is -2.26. The zero-order valence-corrected chi connectivity index (χ0v) is 14.3. The van der Waals surface area contributed by atoms with Crippen LogP contribution in [-0.4, -0.2) is 29.7 Å². The summed E-state index contributed by atoms with van der Waals surface area (Å²) in [5.74, 6) is -0.445. The molecular weight excluding hydrogens is 332 g/mol. The quantitative estimate of drug-likeness (QED) is 0.738. The number of amides is 3. The molecule has 4 rings (SSSR count). The summed E-state index contributed by atoms with van der Waals surface area (Å²) in [7, 11) is 1.42. The number of para-hydroxylation sites is 1. The second-order valence-electron chi connectivity index (χ2n) is 6.31. The minimum atomic E-state index is -0.398. The Kier molecular flexibility index (Phi) is 3.61. The number of nitrogens with zero attached hydrogens (tertiary/aromatic N) is 1. The highest BCUT2D eigenvalue weighted by Gasteiger charge is 2.33. The molecule has 26 heavy (non-hydrogen) atoms. The fourth-order valence-corrected chi connectivity index (χ4v) is 3.07. The van der Waals surface area contributed by atoms with Gasteiger partial charge in [-0.3, -0.25) is 19.3 Å². The van der Waals surface area contributed by atoms with Gasteiger partial charge in [-0.2, -0.15) is 0 Å². The molecule has 0 spiro atoms. The summed E-state index contributed by atoms with van der Waals surface area (Å²) in [5, 5.41) is 3.83. The highest BCUT2D eigenvalue weighted by Crippen LogP contribution is 2.25. The van der Waals surface area contributed by atoms with Gasteiger partial charge in [0.15, 0.2) is 0 Å². The summed E-state index contributed by atoms with van der Waals surface area (Å²) in [6, 6.07) is 13.7. The van der Waals surface area contributed by atoms with Crippen molar-refractivity contribution in [1.82, 2.24) is 10.2 Å². The van der Waals surface area contributed by atoms with E-state index in [2.05, 4.69) is 5.32 Å². The van der Waals surface area contributed by atoms with Crippen molar-refractivity contribution in [1.29, 1.82) is 0 Å². The maximum atomic E-state index is 12.6. The van der Waals surface area contributed by atoms with E-state index in [1.807, 2.05) is 37.3 Å². The van der Waals surface area contributed by atoms with Gasteiger partial charge >= 0.3 is 0 Å². The number of hydrogen-bond donors (Lipinski definition) is 1. The van der Waals surface area contributed by atoms with Gasteiger partial charge in [0.25, 0.3) is 17.7 Å². The molecule has 0 saturated heterocycles. The van der Waals surface area contributed by atoms with E-state index in [4.69, 9.17) is 4.42 Å². The second-order valence-corrected chi connectivity index (χ2v) is 6.31. The number of imide groups is 1. The Morgan fingerprint density at radius 1 is 1.04 bits per heavy atom. The third-order valence-electron chi connectivity index (χ3n) is 4.57. The molecule has 2 aromatic carbocycles. The lowest BCUT2D eigenvalue weighted by Gasteiger charge is -2.11. The molecule has 1 N–H and O–H groups in total. The Hall–Kier alpha value is -3.41. The molecule has 0 saturated carbocycles. The molecule has 1 aliphatic rings. The minimum Gasteiger partial charge on any atom is -0.459 e. The molecule has 0 bridgehead atoms. The molecule has 1 unspecified atom stereocenters. The van der Waals surface area contributed by atoms with Crippen molar-refractivity contribution < 1.29 is 18.8 Å². The Bertz CT molecular complexity index is 1030.